The van der Waals surface area contributed by atoms with Gasteiger partial charge in [0.25, 0.3) is 0 Å². The SMILES string of the molecule is CCCCCCCCCCCCCCCCOCC(COP(=O)(O)OCCC1=C(C)N(C)CO1)OC(C)=O. The second-order valence-electron chi connectivity index (χ2n) is 10.2. The van der Waals surface area contributed by atoms with E-state index >= 15 is 0 Å². The van der Waals surface area contributed by atoms with Gasteiger partial charge in [-0.15, -0.1) is 0 Å². The van der Waals surface area contributed by atoms with Crippen molar-refractivity contribution in [1.29, 1.82) is 0 Å². The van der Waals surface area contributed by atoms with Gasteiger partial charge in [0.2, 0.25) is 0 Å². The predicted molar refractivity (Wildman–Crippen MR) is 149 cm³/mol. The Labute approximate surface area is 231 Å². The molecule has 1 aliphatic rings. The number of esters is 1. The molecular formula is C28H54NO8P. The molecule has 38 heavy (non-hydrogen) atoms. The smallest absolute Gasteiger partial charge is 0.472 e. The topological polar surface area (TPSA) is 104 Å². The Morgan fingerprint density at radius 1 is 0.921 bits per heavy atom. The summed E-state index contributed by atoms with van der Waals surface area (Å²) >= 11 is 0. The van der Waals surface area contributed by atoms with Crippen LogP contribution in [0.25, 0.3) is 0 Å². The molecule has 0 spiro atoms. The average Bonchev–Trinajstić information content (AvgIpc) is 3.19. The average molecular weight is 564 g/mol. The van der Waals surface area contributed by atoms with Crippen molar-refractivity contribution in [3.63, 3.8) is 0 Å². The molecule has 2 atom stereocenters. The maximum Gasteiger partial charge on any atom is 0.472 e. The summed E-state index contributed by atoms with van der Waals surface area (Å²) in [5.74, 6) is 0.222. The molecule has 0 aromatic rings. The minimum absolute atomic E-state index is 0.0256. The van der Waals surface area contributed by atoms with Crippen LogP contribution in [0.5, 0.6) is 0 Å². The first-order chi connectivity index (χ1) is 18.2. The number of nitrogens with zero attached hydrogens (tertiary/aromatic N) is 1. The zero-order valence-electron chi connectivity index (χ0n) is 24.4. The third-order valence-electron chi connectivity index (χ3n) is 6.69. The maximum atomic E-state index is 12.2. The van der Waals surface area contributed by atoms with Gasteiger partial charge >= 0.3 is 13.8 Å². The van der Waals surface area contributed by atoms with Crippen molar-refractivity contribution in [3.8, 4) is 0 Å². The summed E-state index contributed by atoms with van der Waals surface area (Å²) in [5, 5.41) is 0. The first-order valence-electron chi connectivity index (χ1n) is 14.7. The van der Waals surface area contributed by atoms with E-state index in [0.29, 0.717) is 19.8 Å². The molecule has 0 fully saturated rings. The molecule has 0 bridgehead atoms. The third-order valence-corrected chi connectivity index (χ3v) is 7.68. The van der Waals surface area contributed by atoms with Crippen molar-refractivity contribution in [1.82, 2.24) is 4.90 Å². The van der Waals surface area contributed by atoms with Crippen LogP contribution in [0.3, 0.4) is 0 Å². The highest BCUT2D eigenvalue weighted by Gasteiger charge is 2.26. The van der Waals surface area contributed by atoms with Gasteiger partial charge < -0.3 is 24.0 Å². The van der Waals surface area contributed by atoms with Gasteiger partial charge in [0, 0.05) is 27.0 Å². The van der Waals surface area contributed by atoms with Crippen molar-refractivity contribution < 1.29 is 37.5 Å². The third kappa shape index (κ3) is 18.2. The largest absolute Gasteiger partial charge is 0.476 e. The van der Waals surface area contributed by atoms with Gasteiger partial charge in [-0.25, -0.2) is 4.57 Å². The summed E-state index contributed by atoms with van der Waals surface area (Å²) in [6, 6.07) is 0. The Kier molecular flexibility index (Phi) is 19.9. The van der Waals surface area contributed by atoms with Crippen molar-refractivity contribution in [2.45, 2.75) is 123 Å². The lowest BCUT2D eigenvalue weighted by atomic mass is 10.0. The molecule has 0 amide bonds. The van der Waals surface area contributed by atoms with Crippen LogP contribution in [-0.4, -0.2) is 62.1 Å². The van der Waals surface area contributed by atoms with Gasteiger partial charge in [0.05, 0.1) is 25.5 Å². The Morgan fingerprint density at radius 2 is 1.47 bits per heavy atom. The number of hydrogen-bond acceptors (Lipinski definition) is 8. The van der Waals surface area contributed by atoms with Crippen LogP contribution in [-0.2, 0) is 32.6 Å². The van der Waals surface area contributed by atoms with Crippen molar-refractivity contribution in [2.24, 2.45) is 0 Å². The minimum atomic E-state index is -4.30. The van der Waals surface area contributed by atoms with E-state index in [2.05, 4.69) is 6.92 Å². The van der Waals surface area contributed by atoms with E-state index in [0.717, 1.165) is 24.3 Å². The molecule has 9 nitrogen and oxygen atoms in total. The number of phosphoric ester groups is 1. The first-order valence-corrected chi connectivity index (χ1v) is 16.1. The molecule has 10 heteroatoms. The molecule has 224 valence electrons. The zero-order chi connectivity index (χ0) is 28.1. The summed E-state index contributed by atoms with van der Waals surface area (Å²) < 4.78 is 38.6. The first kappa shape index (κ1) is 34.9. The number of carbonyl (C=O) groups excluding carboxylic acids is 1. The molecule has 1 N–H and O–H groups in total. The molecule has 0 aliphatic carbocycles. The Bertz CT molecular complexity index is 702. The minimum Gasteiger partial charge on any atom is -0.476 e. The van der Waals surface area contributed by atoms with Gasteiger partial charge in [-0.3, -0.25) is 13.8 Å². The van der Waals surface area contributed by atoms with E-state index in [1.54, 1.807) is 0 Å². The molecule has 0 saturated heterocycles. The highest BCUT2D eigenvalue weighted by atomic mass is 31.2. The van der Waals surface area contributed by atoms with Gasteiger partial charge in [-0.1, -0.05) is 90.4 Å². The van der Waals surface area contributed by atoms with Crippen LogP contribution in [0.2, 0.25) is 0 Å². The summed E-state index contributed by atoms with van der Waals surface area (Å²) in [6.07, 6.45) is 17.7. The molecule has 0 aromatic carbocycles. The lowest BCUT2D eigenvalue weighted by molar-refractivity contribution is -0.151. The van der Waals surface area contributed by atoms with Gasteiger partial charge in [0.15, 0.2) is 6.73 Å². The van der Waals surface area contributed by atoms with Crippen LogP contribution in [0.15, 0.2) is 11.5 Å². The van der Waals surface area contributed by atoms with Crippen LogP contribution < -0.4 is 0 Å². The van der Waals surface area contributed by atoms with Crippen molar-refractivity contribution >= 4 is 13.8 Å². The molecule has 1 heterocycles. The quantitative estimate of drug-likeness (QED) is 0.0708. The summed E-state index contributed by atoms with van der Waals surface area (Å²) in [7, 11) is -2.39. The Balaban J connectivity index is 2.07. The highest BCUT2D eigenvalue weighted by Crippen LogP contribution is 2.43. The fraction of sp³-hybridized carbons (Fsp3) is 0.893. The fourth-order valence-corrected chi connectivity index (χ4v) is 5.03. The maximum absolute atomic E-state index is 12.2. The van der Waals surface area contributed by atoms with Crippen LogP contribution in [0.4, 0.5) is 0 Å². The number of unbranched alkanes of at least 4 members (excludes halogenated alkanes) is 13. The fourth-order valence-electron chi connectivity index (χ4n) is 4.27. The zero-order valence-corrected chi connectivity index (χ0v) is 25.3. The highest BCUT2D eigenvalue weighted by molar-refractivity contribution is 7.47. The van der Waals surface area contributed by atoms with E-state index in [4.69, 9.17) is 23.3 Å². The Morgan fingerprint density at radius 3 is 1.97 bits per heavy atom. The van der Waals surface area contributed by atoms with Gasteiger partial charge in [0.1, 0.15) is 11.9 Å². The normalized spacial score (nSPS) is 16.0. The summed E-state index contributed by atoms with van der Waals surface area (Å²) in [4.78, 5) is 23.3. The van der Waals surface area contributed by atoms with E-state index in [1.807, 2.05) is 18.9 Å². The van der Waals surface area contributed by atoms with E-state index < -0.39 is 19.9 Å². The van der Waals surface area contributed by atoms with Crippen molar-refractivity contribution in [2.75, 3.05) is 40.2 Å². The number of allylic oxidation sites excluding steroid dienone is 1. The van der Waals surface area contributed by atoms with Gasteiger partial charge in [-0.05, 0) is 13.3 Å². The van der Waals surface area contributed by atoms with E-state index in [1.165, 1.54) is 84.0 Å². The van der Waals surface area contributed by atoms with E-state index in [-0.39, 0.29) is 19.8 Å². The molecular weight excluding hydrogens is 509 g/mol. The molecule has 1 rings (SSSR count). The molecule has 0 aromatic heterocycles. The Hall–Kier alpha value is -1.12. The van der Waals surface area contributed by atoms with E-state index in [9.17, 15) is 14.3 Å². The van der Waals surface area contributed by atoms with Crippen LogP contribution in [0, 0.1) is 0 Å². The molecule has 2 unspecified atom stereocenters. The monoisotopic (exact) mass is 563 g/mol. The predicted octanol–water partition coefficient (Wildman–Crippen LogP) is 7.09. The number of rotatable bonds is 25. The van der Waals surface area contributed by atoms with Crippen LogP contribution >= 0.6 is 7.82 Å². The second-order valence-corrected chi connectivity index (χ2v) is 11.7. The van der Waals surface area contributed by atoms with Crippen molar-refractivity contribution in [3.05, 3.63) is 11.5 Å². The van der Waals surface area contributed by atoms with Gasteiger partial charge in [-0.2, -0.15) is 0 Å². The summed E-state index contributed by atoms with van der Waals surface area (Å²) in [5.41, 5.74) is 0.966. The lowest BCUT2D eigenvalue weighted by Gasteiger charge is -2.19. The van der Waals surface area contributed by atoms with Crippen LogP contribution in [0.1, 0.15) is 117 Å². The lowest BCUT2D eigenvalue weighted by Crippen LogP contribution is -2.27. The number of hydrogen-bond donors (Lipinski definition) is 1. The number of ether oxygens (including phenoxy) is 3. The molecule has 0 radical (unpaired) electrons. The second kappa shape index (κ2) is 21.7. The number of carbonyl (C=O) groups is 1. The number of phosphoric acid groups is 1. The molecule has 0 saturated carbocycles. The summed E-state index contributed by atoms with van der Waals surface area (Å²) in [6.45, 7) is 6.25. The standard InChI is InChI=1S/C28H54NO8P/c1-5-6-7-8-9-10-11-12-13-14-15-16-17-18-20-33-22-27(37-26(3)30)23-36-38(31,32)35-21-19-28-25(2)29(4)24-34-28/h27H,5-24H2,1-4H3,(H,31,32). The molecule has 1 aliphatic heterocycles.